The Morgan fingerprint density at radius 3 is 2.78 bits per heavy atom. The highest BCUT2D eigenvalue weighted by molar-refractivity contribution is 9.11. The van der Waals surface area contributed by atoms with Crippen LogP contribution in [0.3, 0.4) is 0 Å². The number of halogens is 4. The molecule has 0 aliphatic heterocycles. The summed E-state index contributed by atoms with van der Waals surface area (Å²) in [6.07, 6.45) is -0.904. The lowest BCUT2D eigenvalue weighted by atomic mass is 9.95. The van der Waals surface area contributed by atoms with Gasteiger partial charge in [-0.3, -0.25) is 0 Å². The summed E-state index contributed by atoms with van der Waals surface area (Å²) < 4.78 is 50.6. The van der Waals surface area contributed by atoms with E-state index in [9.17, 15) is 13.2 Å². The monoisotopic (exact) mass is 392 g/mol. The van der Waals surface area contributed by atoms with Gasteiger partial charge in [0.15, 0.2) is 6.17 Å². The van der Waals surface area contributed by atoms with Crippen LogP contribution >= 0.6 is 15.9 Å². The molecule has 126 valence electrons. The summed E-state index contributed by atoms with van der Waals surface area (Å²) in [6, 6.07) is 1.79. The van der Waals surface area contributed by atoms with Gasteiger partial charge < -0.3 is 14.9 Å². The number of nitriles is 1. The number of nitrogens with zero attached hydrogens (tertiary/aromatic N) is 1. The van der Waals surface area contributed by atoms with Crippen molar-refractivity contribution in [3.63, 3.8) is 0 Å². The highest BCUT2D eigenvalue weighted by atomic mass is 79.9. The molecule has 0 saturated carbocycles. The Hall–Kier alpha value is -1.59. The molecule has 1 N–H and O–H groups in total. The lowest BCUT2D eigenvalue weighted by Crippen LogP contribution is -2.19. The van der Waals surface area contributed by atoms with Crippen LogP contribution in [0.5, 0.6) is 0 Å². The zero-order valence-electron chi connectivity index (χ0n) is 12.4. The van der Waals surface area contributed by atoms with Crippen molar-refractivity contribution in [1.29, 1.82) is 10.7 Å². The van der Waals surface area contributed by atoms with Crippen LogP contribution in [-0.2, 0) is 9.47 Å². The molecule has 0 fully saturated rings. The van der Waals surface area contributed by atoms with Gasteiger partial charge in [-0.15, -0.1) is 0 Å². The first-order chi connectivity index (χ1) is 10.9. The molecule has 0 heterocycles. The molecule has 0 aromatic carbocycles. The van der Waals surface area contributed by atoms with Gasteiger partial charge in [0, 0.05) is 23.0 Å². The number of alkyl halides is 3. The average Bonchev–Trinajstić information content (AvgIpc) is 2.51. The fourth-order valence-electron chi connectivity index (χ4n) is 1.90. The molecule has 1 aliphatic rings. The van der Waals surface area contributed by atoms with E-state index in [2.05, 4.69) is 15.9 Å². The van der Waals surface area contributed by atoms with Crippen LogP contribution in [0.25, 0.3) is 0 Å². The van der Waals surface area contributed by atoms with Crippen LogP contribution in [0.4, 0.5) is 13.2 Å². The summed E-state index contributed by atoms with van der Waals surface area (Å²) in [4.78, 5) is 0. The van der Waals surface area contributed by atoms with Crippen LogP contribution < -0.4 is 0 Å². The third kappa shape index (κ3) is 6.20. The topological polar surface area (TPSA) is 66.1 Å². The van der Waals surface area contributed by atoms with Crippen LogP contribution in [-0.4, -0.2) is 32.0 Å². The first-order valence-electron chi connectivity index (χ1n) is 6.74. The molecule has 2 unspecified atom stereocenters. The van der Waals surface area contributed by atoms with Gasteiger partial charge in [-0.05, 0) is 13.0 Å². The molecule has 0 aromatic heterocycles. The molecule has 0 bridgehead atoms. The van der Waals surface area contributed by atoms with Gasteiger partial charge in [-0.25, -0.2) is 13.2 Å². The number of ether oxygens (including phenoxy) is 2. The second-order valence-electron chi connectivity index (χ2n) is 4.76. The molecule has 23 heavy (non-hydrogen) atoms. The van der Waals surface area contributed by atoms with E-state index in [0.717, 1.165) is 6.21 Å². The van der Waals surface area contributed by atoms with E-state index in [1.807, 2.05) is 0 Å². The summed E-state index contributed by atoms with van der Waals surface area (Å²) in [6.45, 7) is 1.18. The lowest BCUT2D eigenvalue weighted by Gasteiger charge is -2.22. The van der Waals surface area contributed by atoms with E-state index >= 15 is 0 Å². The molecule has 1 aliphatic carbocycles. The first kappa shape index (κ1) is 19.5. The van der Waals surface area contributed by atoms with Gasteiger partial charge in [-0.2, -0.15) is 5.26 Å². The van der Waals surface area contributed by atoms with Crippen molar-refractivity contribution in [2.24, 2.45) is 5.92 Å². The van der Waals surface area contributed by atoms with Crippen LogP contribution in [0, 0.1) is 22.7 Å². The summed E-state index contributed by atoms with van der Waals surface area (Å²) in [7, 11) is 0. The molecule has 8 heteroatoms. The maximum absolute atomic E-state index is 14.2. The number of allylic oxidation sites excluding steroid dienone is 5. The average molecular weight is 393 g/mol. The number of rotatable bonds is 8. The maximum Gasteiger partial charge on any atom is 0.245 e. The van der Waals surface area contributed by atoms with E-state index in [4.69, 9.17) is 20.1 Å². The molecule has 0 spiro atoms. The quantitative estimate of drug-likeness (QED) is 0.381. The zero-order chi connectivity index (χ0) is 17.4. The minimum Gasteiger partial charge on any atom is -0.462 e. The SMILES string of the molecule is C/C(Br)=C(/OC1=CC(C#N)=CC(C(F)F)C1)C(F)COCC=N. The smallest absolute Gasteiger partial charge is 0.245 e. The predicted molar refractivity (Wildman–Crippen MR) is 83.1 cm³/mol. The van der Waals surface area contributed by atoms with Crippen molar-refractivity contribution in [2.75, 3.05) is 13.2 Å². The second kappa shape index (κ2) is 9.53. The molecular formula is C15H16BrF3N2O2. The Bertz CT molecular complexity index is 564. The lowest BCUT2D eigenvalue weighted by molar-refractivity contribution is 0.0762. The van der Waals surface area contributed by atoms with E-state index in [1.54, 1.807) is 13.0 Å². The highest BCUT2D eigenvalue weighted by Gasteiger charge is 2.27. The highest BCUT2D eigenvalue weighted by Crippen LogP contribution is 2.31. The summed E-state index contributed by atoms with van der Waals surface area (Å²) in [5, 5.41) is 15.7. The van der Waals surface area contributed by atoms with Gasteiger partial charge in [0.1, 0.15) is 11.5 Å². The van der Waals surface area contributed by atoms with Crippen molar-refractivity contribution in [2.45, 2.75) is 25.9 Å². The van der Waals surface area contributed by atoms with Crippen LogP contribution in [0.2, 0.25) is 0 Å². The summed E-state index contributed by atoms with van der Waals surface area (Å²) in [5.74, 6) is -1.15. The Balaban J connectivity index is 2.87. The van der Waals surface area contributed by atoms with E-state index in [0.29, 0.717) is 4.48 Å². The molecular weight excluding hydrogens is 377 g/mol. The molecule has 4 nitrogen and oxygen atoms in total. The fraction of sp³-hybridized carbons (Fsp3) is 0.467. The largest absolute Gasteiger partial charge is 0.462 e. The zero-order valence-corrected chi connectivity index (χ0v) is 13.9. The summed E-state index contributed by atoms with van der Waals surface area (Å²) >= 11 is 3.11. The Kier molecular flexibility index (Phi) is 8.06. The molecule has 0 saturated heterocycles. The third-order valence-corrected chi connectivity index (χ3v) is 3.32. The minimum absolute atomic E-state index is 0.0352. The van der Waals surface area contributed by atoms with Gasteiger partial charge in [0.2, 0.25) is 6.43 Å². The normalized spacial score (nSPS) is 20.1. The van der Waals surface area contributed by atoms with Crippen LogP contribution in [0.1, 0.15) is 13.3 Å². The van der Waals surface area contributed by atoms with Crippen LogP contribution in [0.15, 0.2) is 33.7 Å². The fourth-order valence-corrected chi connectivity index (χ4v) is 2.23. The van der Waals surface area contributed by atoms with Gasteiger partial charge >= 0.3 is 0 Å². The molecule has 1 rings (SSSR count). The second-order valence-corrected chi connectivity index (χ2v) is 5.95. The molecule has 0 radical (unpaired) electrons. The number of nitrogens with one attached hydrogen (secondary N) is 1. The molecule has 2 atom stereocenters. The Morgan fingerprint density at radius 2 is 2.26 bits per heavy atom. The molecule has 0 aromatic rings. The maximum atomic E-state index is 14.2. The summed E-state index contributed by atoms with van der Waals surface area (Å²) in [5.41, 5.74) is 0.0542. The van der Waals surface area contributed by atoms with Crippen molar-refractivity contribution in [3.05, 3.63) is 33.7 Å². The molecule has 0 amide bonds. The number of hydrogen-bond acceptors (Lipinski definition) is 4. The van der Waals surface area contributed by atoms with Crippen molar-refractivity contribution < 1.29 is 22.6 Å². The van der Waals surface area contributed by atoms with E-state index in [1.165, 1.54) is 12.2 Å². The van der Waals surface area contributed by atoms with Crippen molar-refractivity contribution >= 4 is 22.1 Å². The standard InChI is InChI=1S/C15H16BrF3N2O2/c1-9(16)14(13(17)8-22-3-2-20)23-12-5-10(7-21)4-11(6-12)15(18)19/h2,4-5,11,13,15,20H,3,6,8H2,1H3/b14-9-,20-2?. The van der Waals surface area contributed by atoms with E-state index < -0.39 is 18.5 Å². The Labute approximate surface area is 140 Å². The van der Waals surface area contributed by atoms with E-state index in [-0.39, 0.29) is 36.7 Å². The van der Waals surface area contributed by atoms with Crippen molar-refractivity contribution in [3.8, 4) is 6.07 Å². The van der Waals surface area contributed by atoms with Crippen molar-refractivity contribution in [1.82, 2.24) is 0 Å². The predicted octanol–water partition coefficient (Wildman–Crippen LogP) is 4.25. The minimum atomic E-state index is -2.64. The van der Waals surface area contributed by atoms with Gasteiger partial charge in [-0.1, -0.05) is 22.0 Å². The third-order valence-electron chi connectivity index (χ3n) is 2.93. The first-order valence-corrected chi connectivity index (χ1v) is 7.53. The van der Waals surface area contributed by atoms with Gasteiger partial charge in [0.25, 0.3) is 0 Å². The van der Waals surface area contributed by atoms with Gasteiger partial charge in [0.05, 0.1) is 24.9 Å². The number of hydrogen-bond donors (Lipinski definition) is 1. The Morgan fingerprint density at radius 1 is 1.57 bits per heavy atom.